The van der Waals surface area contributed by atoms with Crippen molar-refractivity contribution in [2.75, 3.05) is 0 Å². The first-order chi connectivity index (χ1) is 13.7. The Kier molecular flexibility index (Phi) is 4.99. The number of hydrogen-bond donors (Lipinski definition) is 1. The first-order valence-electron chi connectivity index (χ1n) is 9.98. The second-order valence-electron chi connectivity index (χ2n) is 7.93. The molecule has 0 amide bonds. The van der Waals surface area contributed by atoms with E-state index < -0.39 is 0 Å². The van der Waals surface area contributed by atoms with Gasteiger partial charge in [0, 0.05) is 29.6 Å². The summed E-state index contributed by atoms with van der Waals surface area (Å²) in [6, 6.07) is 6.08. The Morgan fingerprint density at radius 1 is 1.07 bits per heavy atom. The minimum Gasteiger partial charge on any atom is -0.306 e. The van der Waals surface area contributed by atoms with Crippen molar-refractivity contribution in [2.45, 2.75) is 50.2 Å². The number of nitrogens with zero attached hydrogens (tertiary/aromatic N) is 4. The summed E-state index contributed by atoms with van der Waals surface area (Å²) in [5.74, 6) is 3.41. The topological polar surface area (TPSA) is 55.1 Å². The predicted molar refractivity (Wildman–Crippen MR) is 112 cm³/mol. The standard InChI is InChI=1S/C21H23Cl2N5/c22-16-7-8-18-15(10-16)11-24-12-19-26-27-21(28(18)19)14-5-3-13(4-6-14)17-2-1-9-25-20(17)23/h1-2,7-10,13-14,17,20,24H,3-6,11-12H2/t13-,14-,17?,20?. The summed E-state index contributed by atoms with van der Waals surface area (Å²) in [6.45, 7) is 1.50. The molecule has 1 aliphatic carbocycles. The van der Waals surface area contributed by atoms with Gasteiger partial charge < -0.3 is 5.32 Å². The number of benzene rings is 1. The molecule has 2 aromatic rings. The van der Waals surface area contributed by atoms with Crippen LogP contribution in [0.1, 0.15) is 48.8 Å². The quantitative estimate of drug-likeness (QED) is 0.574. The van der Waals surface area contributed by atoms with Crippen molar-refractivity contribution in [3.05, 3.63) is 52.6 Å². The molecular formula is C21H23Cl2N5. The van der Waals surface area contributed by atoms with Gasteiger partial charge in [-0.1, -0.05) is 29.3 Å². The van der Waals surface area contributed by atoms with Crippen LogP contribution >= 0.6 is 23.2 Å². The molecule has 1 fully saturated rings. The lowest BCUT2D eigenvalue weighted by Gasteiger charge is -2.34. The van der Waals surface area contributed by atoms with Gasteiger partial charge in [-0.15, -0.1) is 10.2 Å². The average Bonchev–Trinajstić information content (AvgIpc) is 3.04. The highest BCUT2D eigenvalue weighted by Crippen LogP contribution is 2.42. The maximum atomic E-state index is 6.44. The SMILES string of the molecule is Clc1ccc2c(c1)CNCc1nnc([C@H]3CC[C@H](C4C=CC=NC4Cl)CC3)n1-2. The lowest BCUT2D eigenvalue weighted by molar-refractivity contribution is 0.255. The molecule has 3 aliphatic rings. The van der Waals surface area contributed by atoms with E-state index in [0.717, 1.165) is 54.6 Å². The lowest BCUT2D eigenvalue weighted by Crippen LogP contribution is -2.27. The first-order valence-corrected chi connectivity index (χ1v) is 10.8. The number of aliphatic imine (C=N–C) groups is 1. The summed E-state index contributed by atoms with van der Waals surface area (Å²) >= 11 is 12.7. The Hall–Kier alpha value is -1.69. The molecule has 2 aliphatic heterocycles. The monoisotopic (exact) mass is 415 g/mol. The summed E-state index contributed by atoms with van der Waals surface area (Å²) in [5, 5.41) is 13.3. The minimum absolute atomic E-state index is 0.126. The highest BCUT2D eigenvalue weighted by atomic mass is 35.5. The van der Waals surface area contributed by atoms with Gasteiger partial charge in [0.2, 0.25) is 0 Å². The minimum atomic E-state index is -0.126. The van der Waals surface area contributed by atoms with Crippen LogP contribution in [0.3, 0.4) is 0 Å². The molecule has 1 aromatic carbocycles. The first kappa shape index (κ1) is 18.3. The van der Waals surface area contributed by atoms with Crippen LogP contribution in [0.25, 0.3) is 5.69 Å². The number of aromatic nitrogens is 3. The van der Waals surface area contributed by atoms with Gasteiger partial charge in [0.05, 0.1) is 12.2 Å². The van der Waals surface area contributed by atoms with Crippen LogP contribution in [-0.4, -0.2) is 26.5 Å². The fourth-order valence-electron chi connectivity index (χ4n) is 4.84. The summed E-state index contributed by atoms with van der Waals surface area (Å²) in [5.41, 5.74) is 2.21. The van der Waals surface area contributed by atoms with E-state index in [9.17, 15) is 0 Å². The van der Waals surface area contributed by atoms with E-state index in [2.05, 4.69) is 37.2 Å². The number of rotatable bonds is 2. The normalized spacial score (nSPS) is 29.2. The van der Waals surface area contributed by atoms with Crippen molar-refractivity contribution >= 4 is 29.4 Å². The molecule has 146 valence electrons. The third kappa shape index (κ3) is 3.30. The molecule has 7 heteroatoms. The Bertz CT molecular complexity index is 927. The number of nitrogens with one attached hydrogen (secondary N) is 1. The van der Waals surface area contributed by atoms with Gasteiger partial charge in [-0.2, -0.15) is 0 Å². The van der Waals surface area contributed by atoms with Crippen LogP contribution in [0, 0.1) is 11.8 Å². The number of hydrogen-bond acceptors (Lipinski definition) is 4. The van der Waals surface area contributed by atoms with E-state index in [-0.39, 0.29) is 5.50 Å². The molecular weight excluding hydrogens is 393 g/mol. The molecule has 1 N–H and O–H groups in total. The molecule has 28 heavy (non-hydrogen) atoms. The van der Waals surface area contributed by atoms with Gasteiger partial charge in [-0.05, 0) is 61.4 Å². The van der Waals surface area contributed by atoms with Crippen LogP contribution in [-0.2, 0) is 13.1 Å². The van der Waals surface area contributed by atoms with E-state index in [4.69, 9.17) is 23.2 Å². The highest BCUT2D eigenvalue weighted by Gasteiger charge is 2.34. The number of allylic oxidation sites excluding steroid dienone is 1. The zero-order chi connectivity index (χ0) is 19.1. The molecule has 5 nitrogen and oxygen atoms in total. The molecule has 2 atom stereocenters. The molecule has 2 unspecified atom stereocenters. The van der Waals surface area contributed by atoms with E-state index in [1.165, 1.54) is 5.56 Å². The van der Waals surface area contributed by atoms with Crippen LogP contribution in [0.15, 0.2) is 35.3 Å². The number of halogens is 2. The maximum absolute atomic E-state index is 6.44. The lowest BCUT2D eigenvalue weighted by atomic mass is 9.75. The van der Waals surface area contributed by atoms with E-state index in [0.29, 0.717) is 24.3 Å². The Labute approximate surface area is 174 Å². The fourth-order valence-corrected chi connectivity index (χ4v) is 5.39. The zero-order valence-electron chi connectivity index (χ0n) is 15.6. The van der Waals surface area contributed by atoms with E-state index in [1.807, 2.05) is 24.4 Å². The van der Waals surface area contributed by atoms with Crippen molar-refractivity contribution < 1.29 is 0 Å². The van der Waals surface area contributed by atoms with Crippen molar-refractivity contribution in [1.29, 1.82) is 0 Å². The van der Waals surface area contributed by atoms with Crippen molar-refractivity contribution in [3.63, 3.8) is 0 Å². The second-order valence-corrected chi connectivity index (χ2v) is 8.81. The van der Waals surface area contributed by atoms with Gasteiger partial charge in [0.1, 0.15) is 11.3 Å². The molecule has 0 bridgehead atoms. The second kappa shape index (κ2) is 7.62. The van der Waals surface area contributed by atoms with Crippen molar-refractivity contribution in [3.8, 4) is 5.69 Å². The van der Waals surface area contributed by atoms with Gasteiger partial charge in [-0.25, -0.2) is 0 Å². The van der Waals surface area contributed by atoms with E-state index in [1.54, 1.807) is 0 Å². The van der Waals surface area contributed by atoms with Gasteiger partial charge in [0.25, 0.3) is 0 Å². The predicted octanol–water partition coefficient (Wildman–Crippen LogP) is 4.62. The fraction of sp³-hybridized carbons (Fsp3) is 0.476. The third-order valence-corrected chi connectivity index (χ3v) is 6.92. The van der Waals surface area contributed by atoms with Gasteiger partial charge >= 0.3 is 0 Å². The molecule has 5 rings (SSSR count). The molecule has 3 heterocycles. The van der Waals surface area contributed by atoms with Crippen LogP contribution in [0.2, 0.25) is 5.02 Å². The molecule has 1 aromatic heterocycles. The van der Waals surface area contributed by atoms with Crippen molar-refractivity contribution in [2.24, 2.45) is 16.8 Å². The van der Waals surface area contributed by atoms with Crippen LogP contribution < -0.4 is 5.32 Å². The summed E-state index contributed by atoms with van der Waals surface area (Å²) in [4.78, 5) is 4.37. The number of alkyl halides is 1. The van der Waals surface area contributed by atoms with Crippen molar-refractivity contribution in [1.82, 2.24) is 20.1 Å². The van der Waals surface area contributed by atoms with Gasteiger partial charge in [-0.3, -0.25) is 9.56 Å². The summed E-state index contributed by atoms with van der Waals surface area (Å²) < 4.78 is 2.26. The number of fused-ring (bicyclic) bond motifs is 3. The molecule has 1 saturated carbocycles. The third-order valence-electron chi connectivity index (χ3n) is 6.28. The smallest absolute Gasteiger partial charge is 0.151 e. The summed E-state index contributed by atoms with van der Waals surface area (Å²) in [7, 11) is 0. The maximum Gasteiger partial charge on any atom is 0.151 e. The Morgan fingerprint density at radius 3 is 2.75 bits per heavy atom. The van der Waals surface area contributed by atoms with Crippen LogP contribution in [0.4, 0.5) is 0 Å². The highest BCUT2D eigenvalue weighted by molar-refractivity contribution is 6.30. The largest absolute Gasteiger partial charge is 0.306 e. The molecule has 0 spiro atoms. The van der Waals surface area contributed by atoms with E-state index >= 15 is 0 Å². The molecule has 0 saturated heterocycles. The Morgan fingerprint density at radius 2 is 1.93 bits per heavy atom. The van der Waals surface area contributed by atoms with Gasteiger partial charge in [0.15, 0.2) is 5.82 Å². The zero-order valence-corrected chi connectivity index (χ0v) is 17.1. The average molecular weight is 416 g/mol. The van der Waals surface area contributed by atoms with Crippen LogP contribution in [0.5, 0.6) is 0 Å². The Balaban J connectivity index is 1.40. The summed E-state index contributed by atoms with van der Waals surface area (Å²) in [6.07, 6.45) is 10.6. The molecule has 0 radical (unpaired) electrons. The number of dihydropyridines is 1.